The molecule has 0 aliphatic carbocycles. The van der Waals surface area contributed by atoms with Gasteiger partial charge in [0.1, 0.15) is 17.7 Å². The Balaban J connectivity index is 1.63. The van der Waals surface area contributed by atoms with Crippen molar-refractivity contribution in [3.63, 3.8) is 0 Å². The van der Waals surface area contributed by atoms with E-state index in [1.807, 2.05) is 34.9 Å². The van der Waals surface area contributed by atoms with Gasteiger partial charge in [0.15, 0.2) is 5.65 Å². The second-order valence-electron chi connectivity index (χ2n) is 5.49. The summed E-state index contributed by atoms with van der Waals surface area (Å²) in [5.74, 6) is 0.364. The van der Waals surface area contributed by atoms with Gasteiger partial charge in [0.05, 0.1) is 23.6 Å². The minimum Gasteiger partial charge on any atom is -0.319 e. The van der Waals surface area contributed by atoms with E-state index in [1.54, 1.807) is 31.7 Å². The number of rotatable bonds is 3. The fourth-order valence-corrected chi connectivity index (χ4v) is 2.46. The molecule has 1 amide bonds. The molecule has 0 atom stereocenters. The minimum absolute atomic E-state index is 0.281. The molecule has 1 N–H and O–H groups in total. The summed E-state index contributed by atoms with van der Waals surface area (Å²) in [6, 6.07) is 11.5. The molecule has 3 heterocycles. The number of carbonyl (C=O) groups is 1. The van der Waals surface area contributed by atoms with Gasteiger partial charge in [-0.1, -0.05) is 18.2 Å². The molecule has 0 radical (unpaired) electrons. The molecule has 0 spiro atoms. The first kappa shape index (κ1) is 14.9. The van der Waals surface area contributed by atoms with Gasteiger partial charge in [-0.3, -0.25) is 9.36 Å². The highest BCUT2D eigenvalue weighted by atomic mass is 16.1. The zero-order valence-corrected chi connectivity index (χ0v) is 13.4. The number of carbonyl (C=O) groups excluding carboxylic acids is 1. The summed E-state index contributed by atoms with van der Waals surface area (Å²) < 4.78 is 1.88. The molecule has 25 heavy (non-hydrogen) atoms. The van der Waals surface area contributed by atoms with E-state index in [1.165, 1.54) is 6.20 Å². The maximum absolute atomic E-state index is 12.4. The fourth-order valence-electron chi connectivity index (χ4n) is 2.46. The Morgan fingerprint density at radius 2 is 1.76 bits per heavy atom. The molecule has 0 saturated carbocycles. The standard InChI is InChI=1S/C18H14N6O/c1-12-19-9-14(10-20-12)23-18(25)13-7-16-17(21-8-13)24(11-22-16)15-5-3-2-4-6-15/h2-11H,1H3,(H,23,25). The number of nitrogens with zero attached hydrogens (tertiary/aromatic N) is 5. The number of nitrogens with one attached hydrogen (secondary N) is 1. The zero-order chi connectivity index (χ0) is 17.2. The van der Waals surface area contributed by atoms with Crippen molar-refractivity contribution in [2.75, 3.05) is 5.32 Å². The van der Waals surface area contributed by atoms with Crippen molar-refractivity contribution in [2.24, 2.45) is 0 Å². The SMILES string of the molecule is Cc1ncc(NC(=O)c2cnc3c(c2)ncn3-c2ccccc2)cn1. The molecule has 0 aliphatic rings. The average molecular weight is 330 g/mol. The molecule has 3 aromatic heterocycles. The summed E-state index contributed by atoms with van der Waals surface area (Å²) >= 11 is 0. The number of benzene rings is 1. The van der Waals surface area contributed by atoms with E-state index >= 15 is 0 Å². The topological polar surface area (TPSA) is 85.6 Å². The van der Waals surface area contributed by atoms with Crippen molar-refractivity contribution in [2.45, 2.75) is 6.92 Å². The first-order valence-electron chi connectivity index (χ1n) is 7.69. The highest BCUT2D eigenvalue weighted by molar-refractivity contribution is 6.05. The Morgan fingerprint density at radius 3 is 2.52 bits per heavy atom. The maximum atomic E-state index is 12.4. The second-order valence-corrected chi connectivity index (χ2v) is 5.49. The van der Waals surface area contributed by atoms with E-state index in [0.29, 0.717) is 28.2 Å². The van der Waals surface area contributed by atoms with Gasteiger partial charge in [0.25, 0.3) is 5.91 Å². The van der Waals surface area contributed by atoms with Gasteiger partial charge in [0, 0.05) is 11.9 Å². The maximum Gasteiger partial charge on any atom is 0.257 e. The van der Waals surface area contributed by atoms with Crippen molar-refractivity contribution in [3.05, 3.63) is 72.7 Å². The number of para-hydroxylation sites is 1. The van der Waals surface area contributed by atoms with Crippen LogP contribution in [0.1, 0.15) is 16.2 Å². The van der Waals surface area contributed by atoms with Gasteiger partial charge in [-0.2, -0.15) is 0 Å². The van der Waals surface area contributed by atoms with E-state index in [4.69, 9.17) is 0 Å². The lowest BCUT2D eigenvalue weighted by atomic mass is 10.2. The van der Waals surface area contributed by atoms with Gasteiger partial charge < -0.3 is 5.32 Å². The second kappa shape index (κ2) is 6.12. The normalized spacial score (nSPS) is 10.8. The van der Waals surface area contributed by atoms with Crippen LogP contribution < -0.4 is 5.32 Å². The third-order valence-electron chi connectivity index (χ3n) is 3.72. The number of amides is 1. The Labute approximate surface area is 143 Å². The van der Waals surface area contributed by atoms with E-state index in [2.05, 4.69) is 25.3 Å². The molecule has 7 heteroatoms. The van der Waals surface area contributed by atoms with Crippen molar-refractivity contribution in [1.82, 2.24) is 24.5 Å². The molecule has 0 aliphatic heterocycles. The third kappa shape index (κ3) is 2.94. The molecule has 1 aromatic carbocycles. The minimum atomic E-state index is -0.281. The zero-order valence-electron chi connectivity index (χ0n) is 13.4. The number of hydrogen-bond donors (Lipinski definition) is 1. The molecular weight excluding hydrogens is 316 g/mol. The van der Waals surface area contributed by atoms with E-state index in [0.717, 1.165) is 5.69 Å². The number of hydrogen-bond acceptors (Lipinski definition) is 5. The van der Waals surface area contributed by atoms with E-state index < -0.39 is 0 Å². The fraction of sp³-hybridized carbons (Fsp3) is 0.0556. The number of fused-ring (bicyclic) bond motifs is 1. The molecular formula is C18H14N6O. The van der Waals surface area contributed by atoms with Crippen LogP contribution in [0.5, 0.6) is 0 Å². The summed E-state index contributed by atoms with van der Waals surface area (Å²) in [6.07, 6.45) is 6.36. The molecule has 0 fully saturated rings. The summed E-state index contributed by atoms with van der Waals surface area (Å²) in [6.45, 7) is 1.78. The predicted molar refractivity (Wildman–Crippen MR) is 93.6 cm³/mol. The highest BCUT2D eigenvalue weighted by Gasteiger charge is 2.12. The Bertz CT molecular complexity index is 1040. The Hall–Kier alpha value is -3.61. The molecule has 0 unspecified atom stereocenters. The Kier molecular flexibility index (Phi) is 3.66. The third-order valence-corrected chi connectivity index (χ3v) is 3.72. The van der Waals surface area contributed by atoms with Crippen LogP contribution in [0.2, 0.25) is 0 Å². The smallest absolute Gasteiger partial charge is 0.257 e. The van der Waals surface area contributed by atoms with Crippen LogP contribution in [0.15, 0.2) is 61.3 Å². The van der Waals surface area contributed by atoms with Gasteiger partial charge >= 0.3 is 0 Å². The molecule has 0 bridgehead atoms. The van der Waals surface area contributed by atoms with Crippen LogP contribution in [0, 0.1) is 6.92 Å². The predicted octanol–water partition coefficient (Wildman–Crippen LogP) is 2.77. The lowest BCUT2D eigenvalue weighted by Crippen LogP contribution is -2.13. The number of pyridine rings is 1. The molecule has 7 nitrogen and oxygen atoms in total. The molecule has 122 valence electrons. The summed E-state index contributed by atoms with van der Waals surface area (Å²) in [4.78, 5) is 29.2. The molecule has 4 rings (SSSR count). The lowest BCUT2D eigenvalue weighted by molar-refractivity contribution is 0.102. The van der Waals surface area contributed by atoms with Crippen molar-refractivity contribution in [3.8, 4) is 5.69 Å². The average Bonchev–Trinajstić information content (AvgIpc) is 3.07. The van der Waals surface area contributed by atoms with Crippen molar-refractivity contribution >= 4 is 22.8 Å². The lowest BCUT2D eigenvalue weighted by Gasteiger charge is -2.05. The van der Waals surface area contributed by atoms with E-state index in [-0.39, 0.29) is 5.91 Å². The van der Waals surface area contributed by atoms with Crippen LogP contribution in [0.4, 0.5) is 5.69 Å². The molecule has 4 aromatic rings. The monoisotopic (exact) mass is 330 g/mol. The quantitative estimate of drug-likeness (QED) is 0.624. The van der Waals surface area contributed by atoms with Gasteiger partial charge in [-0.25, -0.2) is 19.9 Å². The first-order chi connectivity index (χ1) is 12.2. The largest absolute Gasteiger partial charge is 0.319 e. The number of anilines is 1. The van der Waals surface area contributed by atoms with Gasteiger partial charge in [-0.05, 0) is 25.1 Å². The summed E-state index contributed by atoms with van der Waals surface area (Å²) in [5, 5.41) is 2.75. The van der Waals surface area contributed by atoms with E-state index in [9.17, 15) is 4.79 Å². The van der Waals surface area contributed by atoms with Crippen LogP contribution in [0.25, 0.3) is 16.9 Å². The molecule has 0 saturated heterocycles. The number of aryl methyl sites for hydroxylation is 1. The Morgan fingerprint density at radius 1 is 1.00 bits per heavy atom. The van der Waals surface area contributed by atoms with Crippen LogP contribution in [-0.4, -0.2) is 30.4 Å². The first-order valence-corrected chi connectivity index (χ1v) is 7.69. The highest BCUT2D eigenvalue weighted by Crippen LogP contribution is 2.17. The summed E-state index contributed by atoms with van der Waals surface area (Å²) in [5.41, 5.74) is 3.27. The number of aromatic nitrogens is 5. The van der Waals surface area contributed by atoms with Crippen molar-refractivity contribution in [1.29, 1.82) is 0 Å². The van der Waals surface area contributed by atoms with Crippen molar-refractivity contribution < 1.29 is 4.79 Å². The van der Waals surface area contributed by atoms with Crippen LogP contribution >= 0.6 is 0 Å². The van der Waals surface area contributed by atoms with Crippen LogP contribution in [0.3, 0.4) is 0 Å². The van der Waals surface area contributed by atoms with Gasteiger partial charge in [0.2, 0.25) is 0 Å². The number of imidazole rings is 1. The van der Waals surface area contributed by atoms with Crippen LogP contribution in [-0.2, 0) is 0 Å². The van der Waals surface area contributed by atoms with Gasteiger partial charge in [-0.15, -0.1) is 0 Å². The summed E-state index contributed by atoms with van der Waals surface area (Å²) in [7, 11) is 0.